The molecule has 0 unspecified atom stereocenters. The van der Waals surface area contributed by atoms with E-state index >= 15 is 0 Å². The van der Waals surface area contributed by atoms with Crippen molar-refractivity contribution in [1.82, 2.24) is 4.90 Å². The molecule has 0 aliphatic carbocycles. The van der Waals surface area contributed by atoms with E-state index in [1.165, 1.54) is 0 Å². The van der Waals surface area contributed by atoms with E-state index in [0.29, 0.717) is 10.6 Å². The summed E-state index contributed by atoms with van der Waals surface area (Å²) >= 11 is 0.865. The smallest absolute Gasteiger partial charge is 0.294 e. The third kappa shape index (κ3) is 4.28. The zero-order valence-corrected chi connectivity index (χ0v) is 16.2. The molecule has 0 spiro atoms. The van der Waals surface area contributed by atoms with Crippen LogP contribution in [0, 0.1) is 20.8 Å². The van der Waals surface area contributed by atoms with E-state index in [2.05, 4.69) is 5.32 Å². The Morgan fingerprint density at radius 2 is 1.70 bits per heavy atom. The summed E-state index contributed by atoms with van der Waals surface area (Å²) in [7, 11) is 0. The van der Waals surface area contributed by atoms with Crippen molar-refractivity contribution in [2.75, 3.05) is 11.9 Å². The quantitative estimate of drug-likeness (QED) is 0.804. The summed E-state index contributed by atoms with van der Waals surface area (Å²) in [6.07, 6.45) is 1.74. The predicted octanol–water partition coefficient (Wildman–Crippen LogP) is 4.29. The highest BCUT2D eigenvalue weighted by molar-refractivity contribution is 8.18. The Bertz CT molecular complexity index is 928. The van der Waals surface area contributed by atoms with Crippen LogP contribution < -0.4 is 5.32 Å². The largest absolute Gasteiger partial charge is 0.325 e. The lowest BCUT2D eigenvalue weighted by Gasteiger charge is -2.12. The van der Waals surface area contributed by atoms with Crippen LogP contribution in [0.1, 0.15) is 22.3 Å². The Balaban J connectivity index is 1.76. The Morgan fingerprint density at radius 3 is 2.33 bits per heavy atom. The number of benzene rings is 2. The normalized spacial score (nSPS) is 15.5. The van der Waals surface area contributed by atoms with Crippen LogP contribution in [0.25, 0.3) is 6.08 Å². The topological polar surface area (TPSA) is 66.5 Å². The van der Waals surface area contributed by atoms with Gasteiger partial charge in [0.1, 0.15) is 6.54 Å². The number of hydrogen-bond acceptors (Lipinski definition) is 4. The number of nitrogens with zero attached hydrogens (tertiary/aromatic N) is 1. The van der Waals surface area contributed by atoms with Crippen molar-refractivity contribution in [2.24, 2.45) is 0 Å². The van der Waals surface area contributed by atoms with Crippen molar-refractivity contribution in [1.29, 1.82) is 0 Å². The van der Waals surface area contributed by atoms with Crippen LogP contribution >= 0.6 is 11.8 Å². The number of carbonyl (C=O) groups excluding carboxylic acids is 3. The highest BCUT2D eigenvalue weighted by Gasteiger charge is 2.36. The van der Waals surface area contributed by atoms with Crippen molar-refractivity contribution >= 4 is 40.6 Å². The molecule has 2 aromatic rings. The number of carbonyl (C=O) groups is 3. The van der Waals surface area contributed by atoms with E-state index in [0.717, 1.165) is 38.9 Å². The molecular weight excluding hydrogens is 360 g/mol. The number of nitrogens with one attached hydrogen (secondary N) is 1. The van der Waals surface area contributed by atoms with Gasteiger partial charge in [0.2, 0.25) is 5.91 Å². The molecule has 1 fully saturated rings. The third-order valence-corrected chi connectivity index (χ3v) is 5.15. The molecule has 0 saturated carbocycles. The summed E-state index contributed by atoms with van der Waals surface area (Å²) in [5.74, 6) is -0.847. The first-order valence-corrected chi connectivity index (χ1v) is 9.35. The molecule has 1 heterocycles. The van der Waals surface area contributed by atoms with Crippen LogP contribution in [0.15, 0.2) is 47.4 Å². The molecule has 0 atom stereocenters. The summed E-state index contributed by atoms with van der Waals surface area (Å²) in [6.45, 7) is 5.67. The van der Waals surface area contributed by atoms with Gasteiger partial charge >= 0.3 is 0 Å². The standard InChI is InChI=1S/C21H20N2O3S/c1-13-9-14(2)17(15(3)10-13)11-18-20(25)23(21(26)27-18)12-19(24)22-16-7-5-4-6-8-16/h4-11H,12H2,1-3H3,(H,22,24)/b18-11-. The molecule has 1 N–H and O–H groups in total. The molecule has 2 aromatic carbocycles. The van der Waals surface area contributed by atoms with Gasteiger partial charge in [-0.05, 0) is 67.4 Å². The van der Waals surface area contributed by atoms with Gasteiger partial charge in [-0.1, -0.05) is 35.9 Å². The SMILES string of the molecule is Cc1cc(C)c(/C=C2\SC(=O)N(CC(=O)Nc3ccccc3)C2=O)c(C)c1. The summed E-state index contributed by atoms with van der Waals surface area (Å²) in [5.41, 5.74) is 4.78. The first-order chi connectivity index (χ1) is 12.8. The first kappa shape index (κ1) is 18.9. The van der Waals surface area contributed by atoms with Gasteiger partial charge in [0.25, 0.3) is 11.1 Å². The molecule has 0 radical (unpaired) electrons. The third-order valence-electron chi connectivity index (χ3n) is 4.25. The van der Waals surface area contributed by atoms with E-state index in [4.69, 9.17) is 0 Å². The van der Waals surface area contributed by atoms with E-state index < -0.39 is 17.1 Å². The molecule has 1 saturated heterocycles. The van der Waals surface area contributed by atoms with E-state index in [-0.39, 0.29) is 6.54 Å². The van der Waals surface area contributed by atoms with Crippen molar-refractivity contribution in [2.45, 2.75) is 20.8 Å². The fraction of sp³-hybridized carbons (Fsp3) is 0.190. The van der Waals surface area contributed by atoms with Gasteiger partial charge in [-0.25, -0.2) is 0 Å². The van der Waals surface area contributed by atoms with Crippen LogP contribution in [-0.2, 0) is 9.59 Å². The molecule has 1 aliphatic heterocycles. The fourth-order valence-electron chi connectivity index (χ4n) is 3.05. The van der Waals surface area contributed by atoms with Gasteiger partial charge in [-0.15, -0.1) is 0 Å². The highest BCUT2D eigenvalue weighted by atomic mass is 32.2. The molecule has 6 heteroatoms. The highest BCUT2D eigenvalue weighted by Crippen LogP contribution is 2.33. The lowest BCUT2D eigenvalue weighted by molar-refractivity contribution is -0.127. The second kappa shape index (κ2) is 7.80. The number of amides is 3. The minimum absolute atomic E-state index is 0.303. The van der Waals surface area contributed by atoms with Crippen LogP contribution in [0.4, 0.5) is 10.5 Å². The predicted molar refractivity (Wildman–Crippen MR) is 108 cm³/mol. The van der Waals surface area contributed by atoms with Crippen molar-refractivity contribution in [3.63, 3.8) is 0 Å². The van der Waals surface area contributed by atoms with E-state index in [1.807, 2.05) is 39.0 Å². The molecule has 3 rings (SSSR count). The Kier molecular flexibility index (Phi) is 5.46. The van der Waals surface area contributed by atoms with Crippen molar-refractivity contribution in [3.8, 4) is 0 Å². The fourth-order valence-corrected chi connectivity index (χ4v) is 3.87. The Morgan fingerprint density at radius 1 is 1.07 bits per heavy atom. The number of para-hydroxylation sites is 1. The molecule has 138 valence electrons. The summed E-state index contributed by atoms with van der Waals surface area (Å²) in [4.78, 5) is 38.4. The maximum absolute atomic E-state index is 12.6. The minimum Gasteiger partial charge on any atom is -0.325 e. The molecule has 3 amide bonds. The second-order valence-electron chi connectivity index (χ2n) is 6.49. The summed E-state index contributed by atoms with van der Waals surface area (Å²) < 4.78 is 0. The summed E-state index contributed by atoms with van der Waals surface area (Å²) in [6, 6.07) is 13.0. The Labute approximate surface area is 162 Å². The molecule has 0 bridgehead atoms. The zero-order chi connectivity index (χ0) is 19.6. The molecule has 27 heavy (non-hydrogen) atoms. The maximum Gasteiger partial charge on any atom is 0.294 e. The van der Waals surface area contributed by atoms with Gasteiger partial charge < -0.3 is 5.32 Å². The van der Waals surface area contributed by atoms with Gasteiger partial charge in [-0.2, -0.15) is 0 Å². The minimum atomic E-state index is -0.437. The molecule has 0 aromatic heterocycles. The summed E-state index contributed by atoms with van der Waals surface area (Å²) in [5, 5.41) is 2.25. The van der Waals surface area contributed by atoms with Gasteiger partial charge in [0.15, 0.2) is 0 Å². The van der Waals surface area contributed by atoms with Crippen molar-refractivity contribution in [3.05, 3.63) is 69.6 Å². The number of hydrogen-bond donors (Lipinski definition) is 1. The number of imide groups is 1. The van der Waals surface area contributed by atoms with Crippen LogP contribution in [0.2, 0.25) is 0 Å². The first-order valence-electron chi connectivity index (χ1n) is 8.53. The molecule has 5 nitrogen and oxygen atoms in total. The Hall–Kier alpha value is -2.86. The van der Waals surface area contributed by atoms with Crippen LogP contribution in [-0.4, -0.2) is 28.5 Å². The lowest BCUT2D eigenvalue weighted by Crippen LogP contribution is -2.36. The molecule has 1 aliphatic rings. The average molecular weight is 380 g/mol. The van der Waals surface area contributed by atoms with E-state index in [9.17, 15) is 14.4 Å². The number of rotatable bonds is 4. The lowest BCUT2D eigenvalue weighted by atomic mass is 9.99. The monoisotopic (exact) mass is 380 g/mol. The van der Waals surface area contributed by atoms with Gasteiger partial charge in [-0.3, -0.25) is 19.3 Å². The van der Waals surface area contributed by atoms with Crippen LogP contribution in [0.3, 0.4) is 0 Å². The van der Waals surface area contributed by atoms with Gasteiger partial charge in [0.05, 0.1) is 4.91 Å². The maximum atomic E-state index is 12.6. The van der Waals surface area contributed by atoms with E-state index in [1.54, 1.807) is 30.3 Å². The average Bonchev–Trinajstić information content (AvgIpc) is 2.86. The van der Waals surface area contributed by atoms with Crippen molar-refractivity contribution < 1.29 is 14.4 Å². The second-order valence-corrected chi connectivity index (χ2v) is 7.49. The van der Waals surface area contributed by atoms with Gasteiger partial charge in [0, 0.05) is 5.69 Å². The molecular formula is C21H20N2O3S. The van der Waals surface area contributed by atoms with Crippen LogP contribution in [0.5, 0.6) is 0 Å². The number of anilines is 1. The number of aryl methyl sites for hydroxylation is 3. The zero-order valence-electron chi connectivity index (χ0n) is 15.4. The number of thioether (sulfide) groups is 1.